The fourth-order valence-electron chi connectivity index (χ4n) is 4.55. The van der Waals surface area contributed by atoms with Crippen molar-refractivity contribution in [2.45, 2.75) is 24.8 Å². The number of imide groups is 1. The van der Waals surface area contributed by atoms with Crippen LogP contribution in [0.2, 0.25) is 0 Å². The van der Waals surface area contributed by atoms with E-state index in [0.29, 0.717) is 12.1 Å². The summed E-state index contributed by atoms with van der Waals surface area (Å²) in [5.74, 6) is -0.954. The van der Waals surface area contributed by atoms with Gasteiger partial charge in [-0.05, 0) is 22.3 Å². The van der Waals surface area contributed by atoms with Crippen LogP contribution in [0, 0.1) is 0 Å². The van der Waals surface area contributed by atoms with Crippen LogP contribution in [0.25, 0.3) is 11.1 Å². The SMILES string of the molecule is CN1C(=O)CC(CC(=O)N(CCO)Cc2ccccc2)(c2ccc(-c3ccccc3)cc2)C1=O. The van der Waals surface area contributed by atoms with E-state index in [4.69, 9.17) is 0 Å². The molecule has 1 aliphatic heterocycles. The van der Waals surface area contributed by atoms with Gasteiger partial charge in [0, 0.05) is 33.0 Å². The van der Waals surface area contributed by atoms with Gasteiger partial charge in [-0.3, -0.25) is 19.3 Å². The quantitative estimate of drug-likeness (QED) is 0.527. The second kappa shape index (κ2) is 10.0. The number of likely N-dealkylation sites (tertiary alicyclic amines) is 1. The highest BCUT2D eigenvalue weighted by atomic mass is 16.3. The molecule has 1 heterocycles. The molecule has 0 saturated carbocycles. The molecule has 0 aromatic heterocycles. The largest absolute Gasteiger partial charge is 0.395 e. The van der Waals surface area contributed by atoms with Crippen LogP contribution in [-0.2, 0) is 26.3 Å². The Labute approximate surface area is 199 Å². The summed E-state index contributed by atoms with van der Waals surface area (Å²) in [6, 6.07) is 26.9. The number of hydrogen-bond donors (Lipinski definition) is 1. The van der Waals surface area contributed by atoms with Gasteiger partial charge in [-0.1, -0.05) is 84.9 Å². The van der Waals surface area contributed by atoms with E-state index in [9.17, 15) is 19.5 Å². The molecule has 1 unspecified atom stereocenters. The molecule has 34 heavy (non-hydrogen) atoms. The van der Waals surface area contributed by atoms with Crippen LogP contribution >= 0.6 is 0 Å². The summed E-state index contributed by atoms with van der Waals surface area (Å²) < 4.78 is 0. The van der Waals surface area contributed by atoms with E-state index >= 15 is 0 Å². The van der Waals surface area contributed by atoms with E-state index < -0.39 is 5.41 Å². The molecule has 1 atom stereocenters. The number of carbonyl (C=O) groups excluding carboxylic acids is 3. The zero-order valence-electron chi connectivity index (χ0n) is 19.2. The molecule has 6 nitrogen and oxygen atoms in total. The third-order valence-electron chi connectivity index (χ3n) is 6.48. The summed E-state index contributed by atoms with van der Waals surface area (Å²) in [6.07, 6.45) is -0.198. The summed E-state index contributed by atoms with van der Waals surface area (Å²) in [4.78, 5) is 42.0. The minimum atomic E-state index is -1.26. The van der Waals surface area contributed by atoms with Crippen molar-refractivity contribution in [3.8, 4) is 11.1 Å². The van der Waals surface area contributed by atoms with E-state index in [2.05, 4.69) is 0 Å². The van der Waals surface area contributed by atoms with Crippen LogP contribution < -0.4 is 0 Å². The summed E-state index contributed by atoms with van der Waals surface area (Å²) in [6.45, 7) is 0.278. The van der Waals surface area contributed by atoms with E-state index in [1.54, 1.807) is 4.90 Å². The highest BCUT2D eigenvalue weighted by Crippen LogP contribution is 2.40. The Balaban J connectivity index is 1.65. The lowest BCUT2D eigenvalue weighted by Gasteiger charge is -2.30. The second-order valence-electron chi connectivity index (χ2n) is 8.66. The number of nitrogens with zero attached hydrogens (tertiary/aromatic N) is 2. The molecule has 1 aliphatic rings. The Morgan fingerprint density at radius 1 is 0.912 bits per heavy atom. The molecule has 1 N–H and O–H groups in total. The number of rotatable bonds is 8. The summed E-state index contributed by atoms with van der Waals surface area (Å²) in [7, 11) is 1.46. The van der Waals surface area contributed by atoms with Gasteiger partial charge in [0.15, 0.2) is 0 Å². The van der Waals surface area contributed by atoms with Crippen molar-refractivity contribution in [2.24, 2.45) is 0 Å². The lowest BCUT2D eigenvalue weighted by molar-refractivity contribution is -0.141. The van der Waals surface area contributed by atoms with Gasteiger partial charge < -0.3 is 10.0 Å². The number of amides is 3. The van der Waals surface area contributed by atoms with Gasteiger partial charge in [0.05, 0.1) is 12.0 Å². The summed E-state index contributed by atoms with van der Waals surface area (Å²) in [5, 5.41) is 9.56. The molecule has 174 valence electrons. The molecule has 3 aromatic rings. The maximum atomic E-state index is 13.5. The fourth-order valence-corrected chi connectivity index (χ4v) is 4.55. The van der Waals surface area contributed by atoms with Crippen LogP contribution in [-0.4, -0.2) is 52.8 Å². The first kappa shape index (κ1) is 23.4. The molecule has 6 heteroatoms. The van der Waals surface area contributed by atoms with Crippen molar-refractivity contribution in [2.75, 3.05) is 20.2 Å². The van der Waals surface area contributed by atoms with Crippen LogP contribution in [0.1, 0.15) is 24.0 Å². The van der Waals surface area contributed by atoms with Crippen LogP contribution in [0.15, 0.2) is 84.9 Å². The molecule has 1 saturated heterocycles. The van der Waals surface area contributed by atoms with Gasteiger partial charge in [-0.25, -0.2) is 0 Å². The Morgan fingerprint density at radius 3 is 2.06 bits per heavy atom. The Bertz CT molecular complexity index is 1160. The van der Waals surface area contributed by atoms with Gasteiger partial charge in [0.1, 0.15) is 0 Å². The Kier molecular flexibility index (Phi) is 6.89. The first-order chi connectivity index (χ1) is 16.4. The monoisotopic (exact) mass is 456 g/mol. The highest BCUT2D eigenvalue weighted by molar-refractivity contribution is 6.10. The van der Waals surface area contributed by atoms with Crippen LogP contribution in [0.3, 0.4) is 0 Å². The van der Waals surface area contributed by atoms with Gasteiger partial charge in [-0.15, -0.1) is 0 Å². The third kappa shape index (κ3) is 4.63. The fraction of sp³-hybridized carbons (Fsp3) is 0.250. The summed E-state index contributed by atoms with van der Waals surface area (Å²) in [5.41, 5.74) is 2.34. The minimum Gasteiger partial charge on any atom is -0.395 e. The molecular formula is C28H28N2O4. The number of benzene rings is 3. The van der Waals surface area contributed by atoms with Gasteiger partial charge in [-0.2, -0.15) is 0 Å². The average Bonchev–Trinajstić information content (AvgIpc) is 3.09. The van der Waals surface area contributed by atoms with E-state index in [-0.39, 0.29) is 43.7 Å². The number of carbonyl (C=O) groups is 3. The third-order valence-corrected chi connectivity index (χ3v) is 6.48. The van der Waals surface area contributed by atoms with Crippen molar-refractivity contribution in [1.29, 1.82) is 0 Å². The lowest BCUT2D eigenvalue weighted by atomic mass is 9.75. The van der Waals surface area contributed by atoms with Gasteiger partial charge in [0.2, 0.25) is 17.7 Å². The Morgan fingerprint density at radius 2 is 1.50 bits per heavy atom. The number of likely N-dealkylation sites (N-methyl/N-ethyl adjacent to an activating group) is 1. The molecule has 0 radical (unpaired) electrons. The predicted molar refractivity (Wildman–Crippen MR) is 130 cm³/mol. The standard InChI is InChI=1S/C28H28N2O4/c1-29-25(32)18-28(27(29)34,24-14-12-23(13-15-24)22-10-6-3-7-11-22)19-26(33)30(16-17-31)20-21-8-4-2-5-9-21/h2-15,31H,16-20H2,1H3. The zero-order chi connectivity index (χ0) is 24.1. The van der Waals surface area contributed by atoms with E-state index in [1.807, 2.05) is 84.9 Å². The van der Waals surface area contributed by atoms with Crippen molar-refractivity contribution < 1.29 is 19.5 Å². The normalized spacial score (nSPS) is 17.8. The van der Waals surface area contributed by atoms with Crippen LogP contribution in [0.5, 0.6) is 0 Å². The lowest BCUT2D eigenvalue weighted by Crippen LogP contribution is -2.43. The molecule has 1 fully saturated rings. The molecule has 4 rings (SSSR count). The Hall–Kier alpha value is -3.77. The minimum absolute atomic E-state index is 0.0585. The van der Waals surface area contributed by atoms with E-state index in [0.717, 1.165) is 21.6 Å². The van der Waals surface area contributed by atoms with Crippen molar-refractivity contribution >= 4 is 17.7 Å². The molecule has 0 bridgehead atoms. The van der Waals surface area contributed by atoms with Crippen molar-refractivity contribution in [3.63, 3.8) is 0 Å². The molecule has 0 aliphatic carbocycles. The number of aliphatic hydroxyl groups excluding tert-OH is 1. The maximum absolute atomic E-state index is 13.5. The topological polar surface area (TPSA) is 77.9 Å². The second-order valence-corrected chi connectivity index (χ2v) is 8.66. The van der Waals surface area contributed by atoms with Crippen LogP contribution in [0.4, 0.5) is 0 Å². The van der Waals surface area contributed by atoms with Crippen molar-refractivity contribution in [3.05, 3.63) is 96.1 Å². The number of aliphatic hydroxyl groups is 1. The van der Waals surface area contributed by atoms with E-state index in [1.165, 1.54) is 7.05 Å². The maximum Gasteiger partial charge on any atom is 0.240 e. The average molecular weight is 457 g/mol. The molecule has 0 spiro atoms. The molecule has 3 amide bonds. The molecule has 3 aromatic carbocycles. The van der Waals surface area contributed by atoms with Gasteiger partial charge in [0.25, 0.3) is 0 Å². The predicted octanol–water partition coefficient (Wildman–Crippen LogP) is 3.39. The first-order valence-corrected chi connectivity index (χ1v) is 11.3. The smallest absolute Gasteiger partial charge is 0.240 e. The summed E-state index contributed by atoms with van der Waals surface area (Å²) >= 11 is 0. The molecular weight excluding hydrogens is 428 g/mol. The number of hydrogen-bond acceptors (Lipinski definition) is 4. The van der Waals surface area contributed by atoms with Crippen molar-refractivity contribution in [1.82, 2.24) is 9.80 Å². The first-order valence-electron chi connectivity index (χ1n) is 11.3. The zero-order valence-corrected chi connectivity index (χ0v) is 19.2. The highest BCUT2D eigenvalue weighted by Gasteiger charge is 2.52. The van der Waals surface area contributed by atoms with Gasteiger partial charge >= 0.3 is 0 Å².